The highest BCUT2D eigenvalue weighted by molar-refractivity contribution is 7.07. The summed E-state index contributed by atoms with van der Waals surface area (Å²) < 4.78 is 5.60. The number of likely N-dealkylation sites (tertiary alicyclic amines) is 1. The molecule has 0 unspecified atom stereocenters. The molecular formula is C23H20N6OS. The van der Waals surface area contributed by atoms with Crippen LogP contribution in [0.5, 0.6) is 0 Å². The molecule has 0 atom stereocenters. The van der Waals surface area contributed by atoms with E-state index in [1.807, 2.05) is 29.6 Å². The molecule has 0 saturated carbocycles. The number of hydrogen-bond acceptors (Lipinski definition) is 7. The molecule has 0 bridgehead atoms. The van der Waals surface area contributed by atoms with Gasteiger partial charge in [0.25, 0.3) is 5.89 Å². The fourth-order valence-corrected chi connectivity index (χ4v) is 4.60. The first-order chi connectivity index (χ1) is 15.3. The first kappa shape index (κ1) is 18.4. The smallest absolute Gasteiger partial charge is 0.258 e. The molecule has 0 spiro atoms. The SMILES string of the molecule is c1cc(CN2CCCC2)cc(-c2nc(-c3ccc4nc(-c5cscn5)[nH]c4c3)no2)c1. The topological polar surface area (TPSA) is 83.7 Å². The van der Waals surface area contributed by atoms with E-state index in [2.05, 4.69) is 48.2 Å². The van der Waals surface area contributed by atoms with E-state index in [1.54, 1.807) is 16.8 Å². The minimum Gasteiger partial charge on any atom is -0.337 e. The zero-order valence-corrected chi connectivity index (χ0v) is 17.6. The number of aromatic nitrogens is 5. The van der Waals surface area contributed by atoms with Gasteiger partial charge in [0.2, 0.25) is 5.82 Å². The quantitative estimate of drug-likeness (QED) is 0.424. The van der Waals surface area contributed by atoms with Gasteiger partial charge in [0.05, 0.1) is 16.5 Å². The molecule has 1 aliphatic heterocycles. The maximum Gasteiger partial charge on any atom is 0.258 e. The lowest BCUT2D eigenvalue weighted by Crippen LogP contribution is -2.18. The lowest BCUT2D eigenvalue weighted by molar-refractivity contribution is 0.331. The Morgan fingerprint density at radius 1 is 1.03 bits per heavy atom. The highest BCUT2D eigenvalue weighted by Gasteiger charge is 2.15. The summed E-state index contributed by atoms with van der Waals surface area (Å²) in [5.74, 6) is 1.86. The zero-order valence-electron chi connectivity index (χ0n) is 16.8. The highest BCUT2D eigenvalue weighted by Crippen LogP contribution is 2.27. The Kier molecular flexibility index (Phi) is 4.58. The Balaban J connectivity index is 1.27. The molecule has 4 heterocycles. The highest BCUT2D eigenvalue weighted by atomic mass is 32.1. The second kappa shape index (κ2) is 7.72. The second-order valence-corrected chi connectivity index (χ2v) is 8.52. The van der Waals surface area contributed by atoms with Gasteiger partial charge in [-0.3, -0.25) is 4.90 Å². The number of benzene rings is 2. The van der Waals surface area contributed by atoms with Gasteiger partial charge in [-0.05, 0) is 61.8 Å². The molecule has 0 amide bonds. The summed E-state index contributed by atoms with van der Waals surface area (Å²) >= 11 is 1.55. The van der Waals surface area contributed by atoms with E-state index in [-0.39, 0.29) is 0 Å². The number of nitrogens with one attached hydrogen (secondary N) is 1. The maximum absolute atomic E-state index is 5.60. The van der Waals surface area contributed by atoms with Gasteiger partial charge in [0.1, 0.15) is 5.69 Å². The van der Waals surface area contributed by atoms with Crippen LogP contribution in [-0.2, 0) is 6.54 Å². The van der Waals surface area contributed by atoms with Crippen LogP contribution in [-0.4, -0.2) is 43.1 Å². The van der Waals surface area contributed by atoms with Gasteiger partial charge in [0, 0.05) is 23.1 Å². The predicted molar refractivity (Wildman–Crippen MR) is 120 cm³/mol. The molecule has 8 heteroatoms. The minimum atomic E-state index is 0.533. The summed E-state index contributed by atoms with van der Waals surface area (Å²) in [4.78, 5) is 19.4. The van der Waals surface area contributed by atoms with E-state index in [9.17, 15) is 0 Å². The Bertz CT molecular complexity index is 1330. The number of thiazole rings is 1. The van der Waals surface area contributed by atoms with Crippen LogP contribution in [0.1, 0.15) is 18.4 Å². The van der Waals surface area contributed by atoms with Crippen LogP contribution in [0.15, 0.2) is 57.9 Å². The van der Waals surface area contributed by atoms with Crippen LogP contribution < -0.4 is 0 Å². The van der Waals surface area contributed by atoms with Crippen molar-refractivity contribution in [3.8, 4) is 34.4 Å². The van der Waals surface area contributed by atoms with Crippen molar-refractivity contribution in [2.75, 3.05) is 13.1 Å². The molecule has 0 aliphatic carbocycles. The molecule has 1 fully saturated rings. The third-order valence-electron chi connectivity index (χ3n) is 5.62. The standard InChI is InChI=1S/C23H20N6OS/c1-2-9-29(8-1)12-15-4-3-5-17(10-15)23-27-21(28-30-23)16-6-7-18-19(11-16)26-22(25-18)20-13-31-14-24-20/h3-7,10-11,13-14H,1-2,8-9,12H2,(H,25,26). The van der Waals surface area contributed by atoms with Crippen LogP contribution in [0.25, 0.3) is 45.4 Å². The molecule has 1 N–H and O–H groups in total. The molecule has 1 aliphatic rings. The molecule has 31 heavy (non-hydrogen) atoms. The normalized spacial score (nSPS) is 14.6. The summed E-state index contributed by atoms with van der Waals surface area (Å²) in [6, 6.07) is 14.3. The molecule has 1 saturated heterocycles. The fourth-order valence-electron chi connectivity index (χ4n) is 4.06. The zero-order chi connectivity index (χ0) is 20.6. The van der Waals surface area contributed by atoms with E-state index in [1.165, 1.54) is 31.5 Å². The van der Waals surface area contributed by atoms with Crippen molar-refractivity contribution in [3.63, 3.8) is 0 Å². The van der Waals surface area contributed by atoms with Gasteiger partial charge in [-0.1, -0.05) is 17.3 Å². The molecule has 3 aromatic heterocycles. The summed E-state index contributed by atoms with van der Waals surface area (Å²) in [5, 5.41) is 6.19. The molecule has 7 nitrogen and oxygen atoms in total. The van der Waals surface area contributed by atoms with Crippen molar-refractivity contribution in [1.82, 2.24) is 30.0 Å². The molecule has 0 radical (unpaired) electrons. The second-order valence-electron chi connectivity index (χ2n) is 7.80. The summed E-state index contributed by atoms with van der Waals surface area (Å²) in [6.45, 7) is 3.32. The Morgan fingerprint density at radius 2 is 1.97 bits per heavy atom. The maximum atomic E-state index is 5.60. The molecule has 5 aromatic rings. The number of rotatable bonds is 5. The number of hydrogen-bond donors (Lipinski definition) is 1. The van der Waals surface area contributed by atoms with E-state index in [4.69, 9.17) is 4.52 Å². The molecular weight excluding hydrogens is 408 g/mol. The first-order valence-corrected chi connectivity index (χ1v) is 11.3. The van der Waals surface area contributed by atoms with Crippen molar-refractivity contribution < 1.29 is 4.52 Å². The van der Waals surface area contributed by atoms with Crippen molar-refractivity contribution >= 4 is 22.4 Å². The number of imidazole rings is 1. The van der Waals surface area contributed by atoms with Gasteiger partial charge in [-0.2, -0.15) is 4.98 Å². The number of aromatic amines is 1. The average molecular weight is 429 g/mol. The lowest BCUT2D eigenvalue weighted by atomic mass is 10.1. The van der Waals surface area contributed by atoms with Crippen molar-refractivity contribution in [3.05, 3.63) is 58.9 Å². The van der Waals surface area contributed by atoms with E-state index >= 15 is 0 Å². The van der Waals surface area contributed by atoms with Gasteiger partial charge >= 0.3 is 0 Å². The lowest BCUT2D eigenvalue weighted by Gasteiger charge is -2.14. The molecule has 154 valence electrons. The monoisotopic (exact) mass is 428 g/mol. The Hall–Kier alpha value is -3.36. The summed E-state index contributed by atoms with van der Waals surface area (Å²) in [7, 11) is 0. The third kappa shape index (κ3) is 3.64. The minimum absolute atomic E-state index is 0.533. The Morgan fingerprint density at radius 3 is 2.84 bits per heavy atom. The number of nitrogens with zero attached hydrogens (tertiary/aromatic N) is 5. The van der Waals surface area contributed by atoms with E-state index in [0.717, 1.165) is 40.2 Å². The van der Waals surface area contributed by atoms with E-state index < -0.39 is 0 Å². The van der Waals surface area contributed by atoms with Crippen LogP contribution >= 0.6 is 11.3 Å². The van der Waals surface area contributed by atoms with Crippen molar-refractivity contribution in [1.29, 1.82) is 0 Å². The van der Waals surface area contributed by atoms with Crippen LogP contribution in [0.4, 0.5) is 0 Å². The summed E-state index contributed by atoms with van der Waals surface area (Å²) in [5.41, 5.74) is 7.54. The van der Waals surface area contributed by atoms with Gasteiger partial charge in [-0.15, -0.1) is 11.3 Å². The Labute approximate surface area is 182 Å². The number of fused-ring (bicyclic) bond motifs is 1. The number of H-pyrrole nitrogens is 1. The van der Waals surface area contributed by atoms with Crippen molar-refractivity contribution in [2.24, 2.45) is 0 Å². The van der Waals surface area contributed by atoms with Gasteiger partial charge in [0.15, 0.2) is 5.82 Å². The van der Waals surface area contributed by atoms with Crippen LogP contribution in [0.3, 0.4) is 0 Å². The van der Waals surface area contributed by atoms with Gasteiger partial charge < -0.3 is 9.51 Å². The van der Waals surface area contributed by atoms with E-state index in [0.29, 0.717) is 11.7 Å². The largest absolute Gasteiger partial charge is 0.337 e. The van der Waals surface area contributed by atoms with Gasteiger partial charge in [-0.25, -0.2) is 9.97 Å². The molecule has 2 aromatic carbocycles. The van der Waals surface area contributed by atoms with Crippen LogP contribution in [0, 0.1) is 0 Å². The average Bonchev–Trinajstić information content (AvgIpc) is 3.60. The fraction of sp³-hybridized carbons (Fsp3) is 0.217. The predicted octanol–water partition coefficient (Wildman–Crippen LogP) is 5.00. The third-order valence-corrected chi connectivity index (χ3v) is 6.21. The van der Waals surface area contributed by atoms with Crippen LogP contribution in [0.2, 0.25) is 0 Å². The molecule has 6 rings (SSSR count). The van der Waals surface area contributed by atoms with Crippen molar-refractivity contribution in [2.45, 2.75) is 19.4 Å². The first-order valence-electron chi connectivity index (χ1n) is 10.4. The summed E-state index contributed by atoms with van der Waals surface area (Å²) in [6.07, 6.45) is 2.58.